The van der Waals surface area contributed by atoms with Crippen molar-refractivity contribution in [2.45, 2.75) is 13.1 Å². The zero-order chi connectivity index (χ0) is 21.9. The van der Waals surface area contributed by atoms with Crippen LogP contribution in [0.25, 0.3) is 22.8 Å². The first-order valence-electron chi connectivity index (χ1n) is 10.2. The van der Waals surface area contributed by atoms with Crippen molar-refractivity contribution in [3.05, 3.63) is 70.4 Å². The number of hydrogen-bond acceptors (Lipinski definition) is 8. The molecule has 5 rings (SSSR count). The van der Waals surface area contributed by atoms with E-state index in [2.05, 4.69) is 30.1 Å². The van der Waals surface area contributed by atoms with Crippen LogP contribution in [0.4, 0.5) is 0 Å². The van der Waals surface area contributed by atoms with Crippen LogP contribution < -0.4 is 0 Å². The van der Waals surface area contributed by atoms with Gasteiger partial charge in [-0.1, -0.05) is 40.5 Å². The molecular formula is C22H20Cl2N6O2. The zero-order valence-electron chi connectivity index (χ0n) is 17.1. The van der Waals surface area contributed by atoms with Gasteiger partial charge in [0.1, 0.15) is 0 Å². The SMILES string of the molecule is Clc1ccc(-c2noc(CN3CCN(Cc4nnc(-c5ccccc5Cl)o4)CC3)n2)cc1. The molecule has 1 fully saturated rings. The molecule has 2 aromatic heterocycles. The van der Waals surface area contributed by atoms with Crippen LogP contribution in [0.3, 0.4) is 0 Å². The predicted octanol–water partition coefficient (Wildman–Crippen LogP) is 4.41. The quantitative estimate of drug-likeness (QED) is 0.409. The Kier molecular flexibility index (Phi) is 6.18. The highest BCUT2D eigenvalue weighted by Crippen LogP contribution is 2.26. The van der Waals surface area contributed by atoms with Gasteiger partial charge in [-0.2, -0.15) is 4.98 Å². The lowest BCUT2D eigenvalue weighted by Gasteiger charge is -2.32. The molecule has 164 valence electrons. The fraction of sp³-hybridized carbons (Fsp3) is 0.273. The highest BCUT2D eigenvalue weighted by molar-refractivity contribution is 6.33. The summed E-state index contributed by atoms with van der Waals surface area (Å²) in [5.74, 6) is 2.20. The summed E-state index contributed by atoms with van der Waals surface area (Å²) >= 11 is 12.2. The highest BCUT2D eigenvalue weighted by Gasteiger charge is 2.21. The van der Waals surface area contributed by atoms with Crippen molar-refractivity contribution in [3.8, 4) is 22.8 Å². The maximum absolute atomic E-state index is 6.22. The average Bonchev–Trinajstić information content (AvgIpc) is 3.46. The van der Waals surface area contributed by atoms with Gasteiger partial charge in [-0.05, 0) is 36.4 Å². The second-order valence-corrected chi connectivity index (χ2v) is 8.40. The summed E-state index contributed by atoms with van der Waals surface area (Å²) in [4.78, 5) is 9.08. The standard InChI is InChI=1S/C22H20Cl2N6O2/c23-16-7-5-15(6-8-16)21-25-19(32-28-21)13-29-9-11-30(12-10-29)14-20-26-27-22(31-20)17-3-1-2-4-18(17)24/h1-8H,9-14H2. The Morgan fingerprint density at radius 2 is 1.50 bits per heavy atom. The van der Waals surface area contributed by atoms with Crippen LogP contribution in [0.1, 0.15) is 11.8 Å². The van der Waals surface area contributed by atoms with E-state index >= 15 is 0 Å². The fourth-order valence-corrected chi connectivity index (χ4v) is 3.93. The lowest BCUT2D eigenvalue weighted by Crippen LogP contribution is -2.45. The predicted molar refractivity (Wildman–Crippen MR) is 120 cm³/mol. The molecule has 0 amide bonds. The molecule has 1 saturated heterocycles. The number of hydrogen-bond donors (Lipinski definition) is 0. The van der Waals surface area contributed by atoms with E-state index in [1.54, 1.807) is 0 Å². The smallest absolute Gasteiger partial charge is 0.249 e. The second-order valence-electron chi connectivity index (χ2n) is 7.55. The van der Waals surface area contributed by atoms with E-state index in [1.807, 2.05) is 48.5 Å². The molecule has 8 nitrogen and oxygen atoms in total. The second kappa shape index (κ2) is 9.38. The molecule has 1 aliphatic rings. The van der Waals surface area contributed by atoms with Gasteiger partial charge in [-0.25, -0.2) is 0 Å². The Hall–Kier alpha value is -2.78. The third-order valence-corrected chi connectivity index (χ3v) is 5.91. The van der Waals surface area contributed by atoms with Gasteiger partial charge in [0.15, 0.2) is 0 Å². The van der Waals surface area contributed by atoms with E-state index in [0.717, 1.165) is 37.3 Å². The van der Waals surface area contributed by atoms with Gasteiger partial charge in [-0.15, -0.1) is 10.2 Å². The van der Waals surface area contributed by atoms with Gasteiger partial charge in [0.25, 0.3) is 0 Å². The largest absolute Gasteiger partial charge is 0.419 e. The van der Waals surface area contributed by atoms with Crippen LogP contribution in [0.5, 0.6) is 0 Å². The molecule has 0 spiro atoms. The average molecular weight is 471 g/mol. The lowest BCUT2D eigenvalue weighted by molar-refractivity contribution is 0.106. The Labute approximate surface area is 194 Å². The van der Waals surface area contributed by atoms with Crippen molar-refractivity contribution in [2.75, 3.05) is 26.2 Å². The molecule has 32 heavy (non-hydrogen) atoms. The third kappa shape index (κ3) is 4.83. The van der Waals surface area contributed by atoms with Crippen LogP contribution in [0.2, 0.25) is 10.0 Å². The normalized spacial score (nSPS) is 15.3. The monoisotopic (exact) mass is 470 g/mol. The Morgan fingerprint density at radius 3 is 2.22 bits per heavy atom. The maximum Gasteiger partial charge on any atom is 0.249 e. The van der Waals surface area contributed by atoms with Gasteiger partial charge in [-0.3, -0.25) is 9.80 Å². The number of nitrogens with zero attached hydrogens (tertiary/aromatic N) is 6. The number of benzene rings is 2. The first-order valence-corrected chi connectivity index (χ1v) is 11.0. The number of piperazine rings is 1. The fourth-order valence-electron chi connectivity index (χ4n) is 3.58. The van der Waals surface area contributed by atoms with E-state index in [0.29, 0.717) is 46.6 Å². The summed E-state index contributed by atoms with van der Waals surface area (Å²) in [7, 11) is 0. The molecule has 0 N–H and O–H groups in total. The molecule has 0 atom stereocenters. The molecule has 2 aromatic carbocycles. The van der Waals surface area contributed by atoms with Crippen molar-refractivity contribution in [1.82, 2.24) is 30.1 Å². The molecule has 0 bridgehead atoms. The number of rotatable bonds is 6. The summed E-state index contributed by atoms with van der Waals surface area (Å²) in [6, 6.07) is 14.8. The highest BCUT2D eigenvalue weighted by atomic mass is 35.5. The van der Waals surface area contributed by atoms with Crippen LogP contribution in [0.15, 0.2) is 57.5 Å². The molecule has 10 heteroatoms. The number of halogens is 2. The van der Waals surface area contributed by atoms with Crippen LogP contribution >= 0.6 is 23.2 Å². The van der Waals surface area contributed by atoms with Crippen molar-refractivity contribution in [1.29, 1.82) is 0 Å². The van der Waals surface area contributed by atoms with Gasteiger partial charge in [0.2, 0.25) is 23.5 Å². The lowest BCUT2D eigenvalue weighted by atomic mass is 10.2. The van der Waals surface area contributed by atoms with Crippen molar-refractivity contribution in [2.24, 2.45) is 0 Å². The van der Waals surface area contributed by atoms with Crippen molar-refractivity contribution < 1.29 is 8.94 Å². The van der Waals surface area contributed by atoms with Gasteiger partial charge in [0, 0.05) is 36.8 Å². The van der Waals surface area contributed by atoms with Crippen LogP contribution in [0, 0.1) is 0 Å². The van der Waals surface area contributed by atoms with E-state index in [-0.39, 0.29) is 0 Å². The molecule has 1 aliphatic heterocycles. The van der Waals surface area contributed by atoms with E-state index < -0.39 is 0 Å². The molecule has 3 heterocycles. The molecule has 0 saturated carbocycles. The number of aromatic nitrogens is 4. The Bertz CT molecular complexity index is 1190. The molecular weight excluding hydrogens is 451 g/mol. The van der Waals surface area contributed by atoms with E-state index in [1.165, 1.54) is 0 Å². The van der Waals surface area contributed by atoms with Gasteiger partial charge >= 0.3 is 0 Å². The first-order chi connectivity index (χ1) is 15.6. The van der Waals surface area contributed by atoms with Crippen LogP contribution in [-0.4, -0.2) is 56.3 Å². The van der Waals surface area contributed by atoms with Crippen molar-refractivity contribution in [3.63, 3.8) is 0 Å². The minimum absolute atomic E-state index is 0.442. The van der Waals surface area contributed by atoms with E-state index in [4.69, 9.17) is 32.1 Å². The minimum atomic E-state index is 0.442. The Balaban J connectivity index is 1.14. The summed E-state index contributed by atoms with van der Waals surface area (Å²) in [6.45, 7) is 4.73. The minimum Gasteiger partial charge on any atom is -0.419 e. The van der Waals surface area contributed by atoms with Gasteiger partial charge < -0.3 is 8.94 Å². The third-order valence-electron chi connectivity index (χ3n) is 5.32. The van der Waals surface area contributed by atoms with E-state index in [9.17, 15) is 0 Å². The summed E-state index contributed by atoms with van der Waals surface area (Å²) in [5, 5.41) is 13.7. The molecule has 0 radical (unpaired) electrons. The first kappa shape index (κ1) is 21.1. The summed E-state index contributed by atoms with van der Waals surface area (Å²) in [6.07, 6.45) is 0. The van der Waals surface area contributed by atoms with Crippen LogP contribution in [-0.2, 0) is 13.1 Å². The van der Waals surface area contributed by atoms with Gasteiger partial charge in [0.05, 0.1) is 23.7 Å². The zero-order valence-corrected chi connectivity index (χ0v) is 18.6. The molecule has 4 aromatic rings. The summed E-state index contributed by atoms with van der Waals surface area (Å²) < 4.78 is 11.3. The topological polar surface area (TPSA) is 84.3 Å². The Morgan fingerprint density at radius 1 is 0.812 bits per heavy atom. The summed E-state index contributed by atoms with van der Waals surface area (Å²) in [5.41, 5.74) is 1.63. The molecule has 0 aliphatic carbocycles. The van der Waals surface area contributed by atoms with Crippen molar-refractivity contribution >= 4 is 23.2 Å². The molecule has 0 unspecified atom stereocenters. The maximum atomic E-state index is 6.22.